The van der Waals surface area contributed by atoms with E-state index in [1.54, 1.807) is 0 Å². The first-order valence-electron chi connectivity index (χ1n) is 3.35. The second-order valence-electron chi connectivity index (χ2n) is 2.42. The minimum atomic E-state index is 0. The molecule has 1 aromatic heterocycles. The Morgan fingerprint density at radius 2 is 1.75 bits per heavy atom. The van der Waals surface area contributed by atoms with Gasteiger partial charge in [0.15, 0.2) is 0 Å². The largest absolute Gasteiger partial charge is 0.373 e. The van der Waals surface area contributed by atoms with Gasteiger partial charge in [0.25, 0.3) is 0 Å². The van der Waals surface area contributed by atoms with Crippen molar-refractivity contribution >= 4 is 30.6 Å². The monoisotopic (exact) mass is 208 g/mol. The fourth-order valence-electron chi connectivity index (χ4n) is 0.969. The van der Waals surface area contributed by atoms with Crippen LogP contribution in [-0.4, -0.2) is 12.0 Å². The minimum absolute atomic E-state index is 0. The van der Waals surface area contributed by atoms with E-state index in [4.69, 9.17) is 0 Å². The van der Waals surface area contributed by atoms with Crippen molar-refractivity contribution in [2.45, 2.75) is 13.8 Å². The van der Waals surface area contributed by atoms with Gasteiger partial charge in [0, 0.05) is 12.7 Å². The molecule has 0 atom stereocenters. The Bertz CT molecular complexity index is 218. The summed E-state index contributed by atoms with van der Waals surface area (Å²) >= 11 is 0. The molecular weight excluding hydrogens is 195 g/mol. The molecule has 1 N–H and O–H groups in total. The highest BCUT2D eigenvalue weighted by Gasteiger charge is 1.92. The van der Waals surface area contributed by atoms with Crippen LogP contribution in [0.2, 0.25) is 0 Å². The Morgan fingerprint density at radius 3 is 2.17 bits per heavy atom. The summed E-state index contributed by atoms with van der Waals surface area (Å²) in [5.41, 5.74) is 2.31. The van der Waals surface area contributed by atoms with Gasteiger partial charge in [-0.3, -0.25) is 0 Å². The van der Waals surface area contributed by atoms with Crippen LogP contribution in [0.3, 0.4) is 0 Å². The smallest absolute Gasteiger partial charge is 0.126 e. The van der Waals surface area contributed by atoms with Crippen molar-refractivity contribution in [2.24, 2.45) is 0 Å². The van der Waals surface area contributed by atoms with Crippen LogP contribution in [-0.2, 0) is 0 Å². The number of rotatable bonds is 1. The summed E-state index contributed by atoms with van der Waals surface area (Å²) in [6.07, 6.45) is 0. The topological polar surface area (TPSA) is 24.9 Å². The van der Waals surface area contributed by atoms with Gasteiger partial charge in [-0.1, -0.05) is 0 Å². The lowest BCUT2D eigenvalue weighted by Gasteiger charge is -2.01. The van der Waals surface area contributed by atoms with E-state index in [0.717, 1.165) is 11.5 Å². The molecule has 0 radical (unpaired) electrons. The Labute approximate surface area is 85.6 Å². The molecule has 0 aliphatic carbocycles. The Balaban J connectivity index is 0. The van der Waals surface area contributed by atoms with Crippen molar-refractivity contribution in [1.82, 2.24) is 4.98 Å². The van der Waals surface area contributed by atoms with E-state index in [1.807, 2.05) is 20.0 Å². The number of pyridine rings is 1. The highest BCUT2D eigenvalue weighted by atomic mass is 35.5. The SMILES string of the molecule is CNc1cc(C)cc(C)n1.Cl.Cl. The normalized spacial score (nSPS) is 7.92. The van der Waals surface area contributed by atoms with Crippen molar-refractivity contribution in [3.63, 3.8) is 0 Å². The summed E-state index contributed by atoms with van der Waals surface area (Å²) in [7, 11) is 1.88. The third-order valence-corrected chi connectivity index (χ3v) is 1.35. The number of nitrogens with one attached hydrogen (secondary N) is 1. The Kier molecular flexibility index (Phi) is 7.15. The molecule has 12 heavy (non-hydrogen) atoms. The number of aromatic nitrogens is 1. The van der Waals surface area contributed by atoms with Gasteiger partial charge in [-0.05, 0) is 31.5 Å². The minimum Gasteiger partial charge on any atom is -0.373 e. The maximum absolute atomic E-state index is 4.24. The molecule has 0 amide bonds. The lowest BCUT2D eigenvalue weighted by Crippen LogP contribution is -1.93. The molecule has 1 rings (SSSR count). The van der Waals surface area contributed by atoms with Crippen molar-refractivity contribution < 1.29 is 0 Å². The maximum atomic E-state index is 4.24. The number of nitrogens with zero attached hydrogens (tertiary/aromatic N) is 1. The molecule has 0 saturated carbocycles. The van der Waals surface area contributed by atoms with Gasteiger partial charge in [0.2, 0.25) is 0 Å². The predicted molar refractivity (Wildman–Crippen MR) is 57.8 cm³/mol. The molecule has 0 unspecified atom stereocenters. The van der Waals surface area contributed by atoms with Crippen molar-refractivity contribution in [3.8, 4) is 0 Å². The highest BCUT2D eigenvalue weighted by Crippen LogP contribution is 2.07. The number of hydrogen-bond acceptors (Lipinski definition) is 2. The lowest BCUT2D eigenvalue weighted by atomic mass is 10.2. The number of anilines is 1. The van der Waals surface area contributed by atoms with Crippen LogP contribution < -0.4 is 5.32 Å². The third-order valence-electron chi connectivity index (χ3n) is 1.35. The Morgan fingerprint density at radius 1 is 1.17 bits per heavy atom. The second kappa shape index (κ2) is 6.09. The quantitative estimate of drug-likeness (QED) is 0.768. The maximum Gasteiger partial charge on any atom is 0.126 e. The molecular formula is C8H14Cl2N2. The summed E-state index contributed by atoms with van der Waals surface area (Å²) in [6, 6.07) is 4.08. The van der Waals surface area contributed by atoms with Gasteiger partial charge in [-0.25, -0.2) is 4.98 Å². The van der Waals surface area contributed by atoms with Gasteiger partial charge in [0.1, 0.15) is 5.82 Å². The lowest BCUT2D eigenvalue weighted by molar-refractivity contribution is 1.17. The Hall–Kier alpha value is -0.470. The van der Waals surface area contributed by atoms with Gasteiger partial charge in [-0.15, -0.1) is 24.8 Å². The van der Waals surface area contributed by atoms with E-state index in [-0.39, 0.29) is 24.8 Å². The van der Waals surface area contributed by atoms with Crippen LogP contribution in [0.5, 0.6) is 0 Å². The zero-order chi connectivity index (χ0) is 7.56. The second-order valence-corrected chi connectivity index (χ2v) is 2.42. The van der Waals surface area contributed by atoms with Crippen LogP contribution in [0.4, 0.5) is 5.82 Å². The molecule has 4 heteroatoms. The average molecular weight is 209 g/mol. The van der Waals surface area contributed by atoms with Crippen LogP contribution in [0.25, 0.3) is 0 Å². The molecule has 0 spiro atoms. The first-order chi connectivity index (χ1) is 4.72. The summed E-state index contributed by atoms with van der Waals surface area (Å²) in [6.45, 7) is 4.06. The van der Waals surface area contributed by atoms with Gasteiger partial charge in [-0.2, -0.15) is 0 Å². The van der Waals surface area contributed by atoms with Crippen molar-refractivity contribution in [3.05, 3.63) is 23.4 Å². The van der Waals surface area contributed by atoms with E-state index in [0.29, 0.717) is 0 Å². The molecule has 2 nitrogen and oxygen atoms in total. The predicted octanol–water partition coefficient (Wildman–Crippen LogP) is 2.58. The van der Waals surface area contributed by atoms with Crippen molar-refractivity contribution in [2.75, 3.05) is 12.4 Å². The zero-order valence-corrected chi connectivity index (χ0v) is 9.05. The molecule has 0 bridgehead atoms. The summed E-state index contributed by atoms with van der Waals surface area (Å²) in [5, 5.41) is 3.00. The van der Waals surface area contributed by atoms with Gasteiger partial charge in [0.05, 0.1) is 0 Å². The van der Waals surface area contributed by atoms with Crippen LogP contribution in [0.15, 0.2) is 12.1 Å². The highest BCUT2D eigenvalue weighted by molar-refractivity contribution is 5.85. The summed E-state index contributed by atoms with van der Waals surface area (Å²) < 4.78 is 0. The zero-order valence-electron chi connectivity index (χ0n) is 7.42. The first kappa shape index (κ1) is 14.1. The average Bonchev–Trinajstić information content (AvgIpc) is 1.85. The fraction of sp³-hybridized carbons (Fsp3) is 0.375. The van der Waals surface area contributed by atoms with E-state index < -0.39 is 0 Å². The van der Waals surface area contributed by atoms with E-state index in [1.165, 1.54) is 5.56 Å². The number of hydrogen-bond donors (Lipinski definition) is 1. The number of halogens is 2. The summed E-state index contributed by atoms with van der Waals surface area (Å²) in [5.74, 6) is 0.942. The van der Waals surface area contributed by atoms with Crippen LogP contribution >= 0.6 is 24.8 Å². The van der Waals surface area contributed by atoms with E-state index in [9.17, 15) is 0 Å². The fourth-order valence-corrected chi connectivity index (χ4v) is 0.969. The van der Waals surface area contributed by atoms with Crippen LogP contribution in [0.1, 0.15) is 11.3 Å². The molecule has 0 aromatic carbocycles. The number of aryl methyl sites for hydroxylation is 2. The van der Waals surface area contributed by atoms with Crippen molar-refractivity contribution in [1.29, 1.82) is 0 Å². The van der Waals surface area contributed by atoms with E-state index in [2.05, 4.69) is 23.3 Å². The molecule has 0 aliphatic rings. The van der Waals surface area contributed by atoms with Gasteiger partial charge < -0.3 is 5.32 Å². The van der Waals surface area contributed by atoms with E-state index >= 15 is 0 Å². The molecule has 70 valence electrons. The first-order valence-corrected chi connectivity index (χ1v) is 3.35. The standard InChI is InChI=1S/C8H12N2.2ClH/c1-6-4-7(2)10-8(5-6)9-3;;/h4-5H,1-3H3,(H,9,10);2*1H. The molecule has 0 aliphatic heterocycles. The van der Waals surface area contributed by atoms with Crippen LogP contribution in [0, 0.1) is 13.8 Å². The summed E-state index contributed by atoms with van der Waals surface area (Å²) in [4.78, 5) is 4.24. The molecule has 1 aromatic rings. The molecule has 1 heterocycles. The molecule has 0 fully saturated rings. The molecule has 0 saturated heterocycles. The van der Waals surface area contributed by atoms with Gasteiger partial charge >= 0.3 is 0 Å². The third kappa shape index (κ3) is 3.79.